The summed E-state index contributed by atoms with van der Waals surface area (Å²) in [5.74, 6) is 0.660. The first-order valence-electron chi connectivity index (χ1n) is 7.70. The van der Waals surface area contributed by atoms with Gasteiger partial charge in [-0.2, -0.15) is 0 Å². The van der Waals surface area contributed by atoms with Crippen molar-refractivity contribution in [3.05, 3.63) is 23.3 Å². The second kappa shape index (κ2) is 7.78. The van der Waals surface area contributed by atoms with Crippen LogP contribution in [0.15, 0.2) is 12.1 Å². The van der Waals surface area contributed by atoms with Gasteiger partial charge in [0.15, 0.2) is 11.5 Å². The molecule has 0 saturated carbocycles. The number of nitrogens with one attached hydrogen (secondary N) is 1. The van der Waals surface area contributed by atoms with Gasteiger partial charge in [0.05, 0.1) is 19.8 Å². The van der Waals surface area contributed by atoms with Crippen LogP contribution in [0.5, 0.6) is 11.5 Å². The number of ether oxygens (including phenoxy) is 1. The molecule has 2 rings (SSSR count). The number of aromatic hydroxyl groups is 1. The maximum Gasteiger partial charge on any atom is 0.160 e. The fourth-order valence-electron chi connectivity index (χ4n) is 2.98. The number of phenolic OH excluding ortho intramolecular Hbond substituents is 1. The molecule has 0 aromatic heterocycles. The van der Waals surface area contributed by atoms with E-state index in [0.29, 0.717) is 25.4 Å². The smallest absolute Gasteiger partial charge is 0.160 e. The summed E-state index contributed by atoms with van der Waals surface area (Å²) < 4.78 is 5.19. The number of nitrogens with zero attached hydrogens (tertiary/aromatic N) is 1. The molecule has 22 heavy (non-hydrogen) atoms. The van der Waals surface area contributed by atoms with Crippen LogP contribution < -0.4 is 10.1 Å². The minimum Gasteiger partial charge on any atom is -0.504 e. The van der Waals surface area contributed by atoms with Crippen LogP contribution in [0.1, 0.15) is 24.1 Å². The van der Waals surface area contributed by atoms with Gasteiger partial charge in [-0.05, 0) is 36.6 Å². The number of benzene rings is 1. The van der Waals surface area contributed by atoms with E-state index < -0.39 is 6.10 Å². The summed E-state index contributed by atoms with van der Waals surface area (Å²) in [6.45, 7) is 4.55. The molecule has 1 heterocycles. The second-order valence-corrected chi connectivity index (χ2v) is 5.73. The van der Waals surface area contributed by atoms with Gasteiger partial charge in [-0.15, -0.1) is 0 Å². The molecule has 0 saturated heterocycles. The van der Waals surface area contributed by atoms with E-state index in [9.17, 15) is 10.2 Å². The normalized spacial score (nSPS) is 19.7. The van der Waals surface area contributed by atoms with Crippen molar-refractivity contribution < 1.29 is 20.1 Å². The Morgan fingerprint density at radius 1 is 1.45 bits per heavy atom. The number of phenols is 1. The van der Waals surface area contributed by atoms with Gasteiger partial charge < -0.3 is 25.4 Å². The number of aliphatic hydroxyl groups excluding tert-OH is 2. The zero-order chi connectivity index (χ0) is 16.1. The summed E-state index contributed by atoms with van der Waals surface area (Å²) in [6.07, 6.45) is 0.364. The van der Waals surface area contributed by atoms with Gasteiger partial charge >= 0.3 is 0 Å². The Morgan fingerprint density at radius 2 is 2.23 bits per heavy atom. The molecule has 0 amide bonds. The highest BCUT2D eigenvalue weighted by Gasteiger charge is 2.26. The van der Waals surface area contributed by atoms with Crippen molar-refractivity contribution in [3.63, 3.8) is 0 Å². The molecule has 4 N–H and O–H groups in total. The summed E-state index contributed by atoms with van der Waals surface area (Å²) in [5.41, 5.74) is 2.27. The summed E-state index contributed by atoms with van der Waals surface area (Å²) in [6, 6.07) is 3.82. The molecular weight excluding hydrogens is 284 g/mol. The predicted octanol–water partition coefficient (Wildman–Crippen LogP) is 0.263. The first-order valence-corrected chi connectivity index (χ1v) is 7.70. The van der Waals surface area contributed by atoms with Crippen molar-refractivity contribution >= 4 is 0 Å². The molecule has 1 aromatic carbocycles. The van der Waals surface area contributed by atoms with Crippen LogP contribution in [-0.4, -0.2) is 66.2 Å². The largest absolute Gasteiger partial charge is 0.504 e. The molecule has 0 spiro atoms. The average Bonchev–Trinajstić information content (AvgIpc) is 2.50. The minimum atomic E-state index is -0.477. The van der Waals surface area contributed by atoms with Crippen LogP contribution >= 0.6 is 0 Å². The maximum absolute atomic E-state index is 10.1. The number of rotatable bonds is 7. The van der Waals surface area contributed by atoms with Crippen LogP contribution in [-0.2, 0) is 6.42 Å². The lowest BCUT2D eigenvalue weighted by Gasteiger charge is -2.36. The molecule has 124 valence electrons. The van der Waals surface area contributed by atoms with Crippen molar-refractivity contribution in [1.29, 1.82) is 0 Å². The van der Waals surface area contributed by atoms with Crippen LogP contribution in [0.2, 0.25) is 0 Å². The maximum atomic E-state index is 10.1. The molecule has 6 heteroatoms. The molecule has 0 radical (unpaired) electrons. The molecular formula is C16H26N2O4. The van der Waals surface area contributed by atoms with E-state index >= 15 is 0 Å². The summed E-state index contributed by atoms with van der Waals surface area (Å²) in [7, 11) is 1.54. The Balaban J connectivity index is 2.03. The first-order chi connectivity index (χ1) is 10.6. The summed E-state index contributed by atoms with van der Waals surface area (Å²) in [4.78, 5) is 2.23. The van der Waals surface area contributed by atoms with Crippen LogP contribution in [0.3, 0.4) is 0 Å². The van der Waals surface area contributed by atoms with E-state index in [1.54, 1.807) is 13.2 Å². The van der Waals surface area contributed by atoms with E-state index in [1.165, 1.54) is 0 Å². The van der Waals surface area contributed by atoms with Gasteiger partial charge in [0.2, 0.25) is 0 Å². The molecule has 0 aliphatic carbocycles. The third-order valence-electron chi connectivity index (χ3n) is 4.22. The highest BCUT2D eigenvalue weighted by molar-refractivity contribution is 5.48. The lowest BCUT2D eigenvalue weighted by atomic mass is 9.92. The highest BCUT2D eigenvalue weighted by atomic mass is 16.5. The van der Waals surface area contributed by atoms with E-state index in [-0.39, 0.29) is 18.4 Å². The third-order valence-corrected chi connectivity index (χ3v) is 4.22. The second-order valence-electron chi connectivity index (χ2n) is 5.73. The van der Waals surface area contributed by atoms with Gasteiger partial charge in [0.1, 0.15) is 0 Å². The zero-order valence-electron chi connectivity index (χ0n) is 13.2. The lowest BCUT2D eigenvalue weighted by Crippen LogP contribution is -2.42. The van der Waals surface area contributed by atoms with Gasteiger partial charge in [0.25, 0.3) is 0 Å². The van der Waals surface area contributed by atoms with Crippen molar-refractivity contribution in [2.24, 2.45) is 0 Å². The van der Waals surface area contributed by atoms with E-state index in [0.717, 1.165) is 24.1 Å². The predicted molar refractivity (Wildman–Crippen MR) is 84.3 cm³/mol. The number of hydrogen-bond donors (Lipinski definition) is 4. The van der Waals surface area contributed by atoms with E-state index in [1.807, 2.05) is 6.07 Å². The molecule has 0 unspecified atom stereocenters. The number of aliphatic hydroxyl groups is 2. The van der Waals surface area contributed by atoms with Gasteiger partial charge in [0, 0.05) is 32.2 Å². The van der Waals surface area contributed by atoms with Gasteiger partial charge in [-0.25, -0.2) is 0 Å². The number of hydrogen-bond acceptors (Lipinski definition) is 6. The fraction of sp³-hybridized carbons (Fsp3) is 0.625. The van der Waals surface area contributed by atoms with Crippen LogP contribution in [0, 0.1) is 0 Å². The van der Waals surface area contributed by atoms with Crippen LogP contribution in [0.25, 0.3) is 0 Å². The number of β-amino-alcohol motifs (C(OH)–C–C–N with tert-alkyl or cyclic N) is 1. The highest BCUT2D eigenvalue weighted by Crippen LogP contribution is 2.37. The van der Waals surface area contributed by atoms with Crippen molar-refractivity contribution in [3.8, 4) is 11.5 Å². The third kappa shape index (κ3) is 3.89. The molecule has 1 aromatic rings. The van der Waals surface area contributed by atoms with E-state index in [4.69, 9.17) is 9.84 Å². The Kier molecular flexibility index (Phi) is 6.02. The zero-order valence-corrected chi connectivity index (χ0v) is 13.2. The minimum absolute atomic E-state index is 0.0729. The molecule has 1 aliphatic heterocycles. The monoisotopic (exact) mass is 310 g/mol. The Labute approximate surface area is 131 Å². The van der Waals surface area contributed by atoms with E-state index in [2.05, 4.69) is 17.1 Å². The fourth-order valence-corrected chi connectivity index (χ4v) is 2.98. The van der Waals surface area contributed by atoms with Crippen LogP contribution in [0.4, 0.5) is 0 Å². The van der Waals surface area contributed by atoms with Crippen molar-refractivity contribution in [2.75, 3.05) is 39.9 Å². The molecule has 0 fully saturated rings. The standard InChI is InChI=1S/C16H26N2O4/c1-11-14-8-16(22-2)15(21)7-12(14)3-5-18(11)10-13(20)9-17-4-6-19/h7-8,11,13,17,19-21H,3-6,9-10H2,1-2H3/t11-,13+/m0/s1. The SMILES string of the molecule is COc1cc2c(cc1O)CCN(C[C@H](O)CNCCO)[C@H]2C. The first kappa shape index (κ1) is 17.0. The molecule has 0 bridgehead atoms. The van der Waals surface area contributed by atoms with Crippen molar-refractivity contribution in [2.45, 2.75) is 25.5 Å². The lowest BCUT2D eigenvalue weighted by molar-refractivity contribution is 0.0850. The quantitative estimate of drug-likeness (QED) is 0.541. The Morgan fingerprint density at radius 3 is 2.91 bits per heavy atom. The Bertz CT molecular complexity index is 495. The molecule has 1 aliphatic rings. The van der Waals surface area contributed by atoms with Gasteiger partial charge in [-0.1, -0.05) is 0 Å². The summed E-state index contributed by atoms with van der Waals surface area (Å²) >= 11 is 0. The van der Waals surface area contributed by atoms with Gasteiger partial charge in [-0.3, -0.25) is 4.90 Å². The number of fused-ring (bicyclic) bond motifs is 1. The molecule has 2 atom stereocenters. The van der Waals surface area contributed by atoms with Crippen molar-refractivity contribution in [1.82, 2.24) is 10.2 Å². The average molecular weight is 310 g/mol. The number of methoxy groups -OCH3 is 1. The summed E-state index contributed by atoms with van der Waals surface area (Å²) in [5, 5.41) is 31.7. The topological polar surface area (TPSA) is 85.2 Å². The Hall–Kier alpha value is -1.34. The molecule has 6 nitrogen and oxygen atoms in total.